The Bertz CT molecular complexity index is 1480. The van der Waals surface area contributed by atoms with Gasteiger partial charge in [0.2, 0.25) is 0 Å². The van der Waals surface area contributed by atoms with Crippen LogP contribution in [0, 0.1) is 6.92 Å². The fourth-order valence-electron chi connectivity index (χ4n) is 8.49. The lowest BCUT2D eigenvalue weighted by molar-refractivity contribution is 0.484. The third-order valence-corrected chi connectivity index (χ3v) is 17.3. The molecule has 234 valence electrons. The number of hydrogen-bond donors (Lipinski definition) is 0. The van der Waals surface area contributed by atoms with Crippen molar-refractivity contribution in [1.29, 1.82) is 0 Å². The average molecular weight is 623 g/mol. The molecule has 0 unspecified atom stereocenters. The third-order valence-electron chi connectivity index (χ3n) is 10.8. The molecular formula is C42H56P2. The smallest absolute Gasteiger partial charge is 0.00166 e. The molecule has 0 radical (unpaired) electrons. The Morgan fingerprint density at radius 1 is 0.614 bits per heavy atom. The second kappa shape index (κ2) is 15.7. The molecule has 0 nitrogen and oxygen atoms in total. The molecule has 4 aromatic rings. The molecule has 0 atom stereocenters. The van der Waals surface area contributed by atoms with E-state index in [-0.39, 0.29) is 15.8 Å². The molecule has 2 aliphatic carbocycles. The number of hydrogen-bond acceptors (Lipinski definition) is 0. The van der Waals surface area contributed by atoms with Crippen molar-refractivity contribution in [3.63, 3.8) is 0 Å². The number of fused-ring (bicyclic) bond motifs is 2. The van der Waals surface area contributed by atoms with E-state index in [4.69, 9.17) is 0 Å². The zero-order valence-electron chi connectivity index (χ0n) is 27.9. The van der Waals surface area contributed by atoms with Crippen LogP contribution in [0.4, 0.5) is 0 Å². The van der Waals surface area contributed by atoms with E-state index in [1.807, 2.05) is 0 Å². The lowest BCUT2D eigenvalue weighted by Crippen LogP contribution is -2.22. The molecule has 0 heterocycles. The van der Waals surface area contributed by atoms with Gasteiger partial charge in [0.1, 0.15) is 0 Å². The monoisotopic (exact) mass is 622 g/mol. The number of benzene rings is 4. The van der Waals surface area contributed by atoms with Gasteiger partial charge in [-0.1, -0.05) is 148 Å². The maximum absolute atomic E-state index is 2.60. The molecule has 2 fully saturated rings. The molecule has 6 rings (SSSR count). The highest BCUT2D eigenvalue weighted by Crippen LogP contribution is 2.59. The molecular weight excluding hydrogens is 566 g/mol. The minimum atomic E-state index is -0.213. The van der Waals surface area contributed by atoms with Crippen LogP contribution in [0.25, 0.3) is 32.7 Å². The molecule has 0 spiro atoms. The zero-order valence-corrected chi connectivity index (χ0v) is 29.7. The van der Waals surface area contributed by atoms with Gasteiger partial charge < -0.3 is 0 Å². The molecule has 44 heavy (non-hydrogen) atoms. The number of unbranched alkanes of at least 4 members (excludes halogenated alkanes) is 2. The lowest BCUT2D eigenvalue weighted by Gasteiger charge is -2.39. The van der Waals surface area contributed by atoms with E-state index < -0.39 is 0 Å². The van der Waals surface area contributed by atoms with Crippen LogP contribution in [-0.4, -0.2) is 23.6 Å². The SMILES string of the molecule is CCCCP(CCCC)c1c(C)cc2ccccc2c1-c1c(CP(C2CCCCC2)C2CCCCC2)ccc2ccccc12. The quantitative estimate of drug-likeness (QED) is 0.138. The molecule has 0 N–H and O–H groups in total. The minimum Gasteiger partial charge on any atom is -0.0958 e. The maximum atomic E-state index is 2.60. The van der Waals surface area contributed by atoms with Crippen LogP contribution in [0.15, 0.2) is 66.7 Å². The minimum absolute atomic E-state index is 0.0245. The van der Waals surface area contributed by atoms with Gasteiger partial charge in [-0.25, -0.2) is 0 Å². The first kappa shape index (κ1) is 32.2. The molecule has 0 aromatic heterocycles. The summed E-state index contributed by atoms with van der Waals surface area (Å²) in [6, 6.07) is 26.3. The van der Waals surface area contributed by atoms with Crippen LogP contribution in [0.1, 0.15) is 115 Å². The van der Waals surface area contributed by atoms with Crippen molar-refractivity contribution in [2.45, 2.75) is 128 Å². The summed E-state index contributed by atoms with van der Waals surface area (Å²) in [5.41, 5.74) is 8.38. The molecule has 2 saturated carbocycles. The third kappa shape index (κ3) is 7.13. The molecule has 4 aromatic carbocycles. The van der Waals surface area contributed by atoms with Crippen molar-refractivity contribution in [1.82, 2.24) is 0 Å². The topological polar surface area (TPSA) is 0 Å². The Balaban J connectivity index is 1.58. The standard InChI is InChI=1S/C42H56P2/c1-4-6-28-43(29-7-5-2)42-32(3)30-34-19-15-17-25-39(34)41(42)40-35(27-26-33-18-14-16-24-38(33)40)31-44(36-20-10-8-11-21-36)37-22-12-9-13-23-37/h14-19,24-27,30,36-37H,4-13,20-23,28-29,31H2,1-3H3. The van der Waals surface area contributed by atoms with Gasteiger partial charge in [0.15, 0.2) is 0 Å². The van der Waals surface area contributed by atoms with Gasteiger partial charge in [0.05, 0.1) is 0 Å². The molecule has 0 aliphatic heterocycles. The predicted octanol–water partition coefficient (Wildman–Crippen LogP) is 13.3. The van der Waals surface area contributed by atoms with Crippen molar-refractivity contribution >= 4 is 42.7 Å². The highest BCUT2D eigenvalue weighted by molar-refractivity contribution is 7.66. The summed E-state index contributed by atoms with van der Waals surface area (Å²) in [7, 11) is -0.238. The van der Waals surface area contributed by atoms with Crippen molar-refractivity contribution in [3.05, 3.63) is 77.9 Å². The molecule has 0 amide bonds. The molecule has 0 bridgehead atoms. The van der Waals surface area contributed by atoms with Crippen molar-refractivity contribution in [2.75, 3.05) is 12.3 Å². The summed E-state index contributed by atoms with van der Waals surface area (Å²) < 4.78 is 0. The van der Waals surface area contributed by atoms with Gasteiger partial charge in [-0.15, -0.1) is 0 Å². The van der Waals surface area contributed by atoms with E-state index in [1.54, 1.807) is 22.0 Å². The molecule has 2 aliphatic rings. The van der Waals surface area contributed by atoms with Crippen LogP contribution in [0.2, 0.25) is 0 Å². The normalized spacial score (nSPS) is 16.9. The van der Waals surface area contributed by atoms with E-state index >= 15 is 0 Å². The number of rotatable bonds is 12. The van der Waals surface area contributed by atoms with Crippen LogP contribution in [-0.2, 0) is 6.16 Å². The zero-order chi connectivity index (χ0) is 30.3. The Labute approximate surface area is 271 Å². The van der Waals surface area contributed by atoms with Gasteiger partial charge in [-0.3, -0.25) is 0 Å². The van der Waals surface area contributed by atoms with Crippen LogP contribution < -0.4 is 5.30 Å². The Kier molecular flexibility index (Phi) is 11.5. The van der Waals surface area contributed by atoms with Crippen molar-refractivity contribution < 1.29 is 0 Å². The van der Waals surface area contributed by atoms with Gasteiger partial charge in [-0.2, -0.15) is 0 Å². The Morgan fingerprint density at radius 3 is 1.75 bits per heavy atom. The van der Waals surface area contributed by atoms with E-state index in [0.29, 0.717) is 0 Å². The summed E-state index contributed by atoms with van der Waals surface area (Å²) in [6.07, 6.45) is 24.1. The first-order chi connectivity index (χ1) is 21.7. The second-order valence-corrected chi connectivity index (χ2v) is 19.1. The maximum Gasteiger partial charge on any atom is -0.00166 e. The van der Waals surface area contributed by atoms with E-state index in [2.05, 4.69) is 87.5 Å². The highest BCUT2D eigenvalue weighted by atomic mass is 31.1. The summed E-state index contributed by atoms with van der Waals surface area (Å²) in [6.45, 7) is 7.20. The second-order valence-electron chi connectivity index (χ2n) is 13.9. The summed E-state index contributed by atoms with van der Waals surface area (Å²) >= 11 is 0. The van der Waals surface area contributed by atoms with Gasteiger partial charge in [0.25, 0.3) is 0 Å². The van der Waals surface area contributed by atoms with Crippen molar-refractivity contribution in [2.24, 2.45) is 0 Å². The lowest BCUT2D eigenvalue weighted by atomic mass is 9.89. The largest absolute Gasteiger partial charge is 0.0958 e. The van der Waals surface area contributed by atoms with Crippen LogP contribution >= 0.6 is 15.8 Å². The fraction of sp³-hybridized carbons (Fsp3) is 0.524. The predicted molar refractivity (Wildman–Crippen MR) is 202 cm³/mol. The fourth-order valence-corrected chi connectivity index (χ4v) is 15.5. The van der Waals surface area contributed by atoms with Gasteiger partial charge in [-0.05, 0) is 124 Å². The van der Waals surface area contributed by atoms with E-state index in [1.165, 1.54) is 135 Å². The summed E-state index contributed by atoms with van der Waals surface area (Å²) in [5.74, 6) is 0. The number of aryl methyl sites for hydroxylation is 1. The molecule has 0 saturated heterocycles. The molecule has 2 heteroatoms. The summed E-state index contributed by atoms with van der Waals surface area (Å²) in [4.78, 5) is 0. The Morgan fingerprint density at radius 2 is 1.16 bits per heavy atom. The van der Waals surface area contributed by atoms with E-state index in [0.717, 1.165) is 11.3 Å². The van der Waals surface area contributed by atoms with Gasteiger partial charge >= 0.3 is 0 Å². The van der Waals surface area contributed by atoms with E-state index in [9.17, 15) is 0 Å². The first-order valence-corrected chi connectivity index (χ1v) is 21.6. The van der Waals surface area contributed by atoms with Crippen LogP contribution in [0.3, 0.4) is 0 Å². The Hall–Kier alpha value is -1.74. The first-order valence-electron chi connectivity index (χ1n) is 18.2. The average Bonchev–Trinajstić information content (AvgIpc) is 3.07. The summed E-state index contributed by atoms with van der Waals surface area (Å²) in [5, 5.41) is 7.55. The van der Waals surface area contributed by atoms with Crippen LogP contribution in [0.5, 0.6) is 0 Å². The highest BCUT2D eigenvalue weighted by Gasteiger charge is 2.32. The van der Waals surface area contributed by atoms with Gasteiger partial charge in [0, 0.05) is 0 Å². The van der Waals surface area contributed by atoms with Crippen molar-refractivity contribution in [3.8, 4) is 11.1 Å².